The van der Waals surface area contributed by atoms with E-state index in [0.717, 1.165) is 21.6 Å². The van der Waals surface area contributed by atoms with Gasteiger partial charge in [-0.25, -0.2) is 0 Å². The highest BCUT2D eigenvalue weighted by molar-refractivity contribution is 7.10. The van der Waals surface area contributed by atoms with Crippen LogP contribution in [0.3, 0.4) is 0 Å². The standard InChI is InChI=1S/C18H16O2S/c19-17(13-7-2-1-3-8-13)14-9-4-5-10-15(14)18(20)16-11-6-12-21-16/h1-12,17-20H. The fraction of sp³-hybridized carbons (Fsp3) is 0.111. The molecule has 0 spiro atoms. The van der Waals surface area contributed by atoms with Gasteiger partial charge in [0.05, 0.1) is 0 Å². The van der Waals surface area contributed by atoms with E-state index < -0.39 is 12.2 Å². The summed E-state index contributed by atoms with van der Waals surface area (Å²) in [5.41, 5.74) is 2.31. The summed E-state index contributed by atoms with van der Waals surface area (Å²) in [4.78, 5) is 0.878. The van der Waals surface area contributed by atoms with Crippen LogP contribution in [-0.2, 0) is 0 Å². The topological polar surface area (TPSA) is 40.5 Å². The maximum Gasteiger partial charge on any atom is 0.114 e. The van der Waals surface area contributed by atoms with Gasteiger partial charge in [0.2, 0.25) is 0 Å². The Morgan fingerprint density at radius 3 is 1.90 bits per heavy atom. The molecule has 2 unspecified atom stereocenters. The fourth-order valence-electron chi connectivity index (χ4n) is 2.42. The quantitative estimate of drug-likeness (QED) is 0.766. The van der Waals surface area contributed by atoms with Gasteiger partial charge in [-0.3, -0.25) is 0 Å². The van der Waals surface area contributed by atoms with Crippen molar-refractivity contribution >= 4 is 11.3 Å². The normalized spacial score (nSPS) is 13.8. The molecule has 0 bridgehead atoms. The van der Waals surface area contributed by atoms with Crippen LogP contribution in [0.5, 0.6) is 0 Å². The van der Waals surface area contributed by atoms with Crippen LogP contribution in [-0.4, -0.2) is 10.2 Å². The van der Waals surface area contributed by atoms with Crippen molar-refractivity contribution in [2.45, 2.75) is 12.2 Å². The van der Waals surface area contributed by atoms with Crippen molar-refractivity contribution in [1.29, 1.82) is 0 Å². The van der Waals surface area contributed by atoms with Crippen molar-refractivity contribution in [2.24, 2.45) is 0 Å². The van der Waals surface area contributed by atoms with E-state index in [1.807, 2.05) is 72.1 Å². The van der Waals surface area contributed by atoms with E-state index in [9.17, 15) is 10.2 Å². The Morgan fingerprint density at radius 2 is 1.29 bits per heavy atom. The smallest absolute Gasteiger partial charge is 0.114 e. The van der Waals surface area contributed by atoms with E-state index in [2.05, 4.69) is 0 Å². The molecule has 0 aliphatic rings. The second-order valence-electron chi connectivity index (χ2n) is 4.86. The zero-order chi connectivity index (χ0) is 14.7. The molecule has 2 N–H and O–H groups in total. The first kappa shape index (κ1) is 14.0. The number of benzene rings is 2. The molecule has 0 amide bonds. The molecule has 0 saturated heterocycles. The van der Waals surface area contributed by atoms with Gasteiger partial charge in [0.1, 0.15) is 12.2 Å². The van der Waals surface area contributed by atoms with Crippen LogP contribution in [0.15, 0.2) is 72.1 Å². The average Bonchev–Trinajstić information content (AvgIpc) is 3.09. The van der Waals surface area contributed by atoms with E-state index >= 15 is 0 Å². The van der Waals surface area contributed by atoms with Crippen molar-refractivity contribution in [1.82, 2.24) is 0 Å². The first-order chi connectivity index (χ1) is 10.3. The van der Waals surface area contributed by atoms with Gasteiger partial charge in [0.25, 0.3) is 0 Å². The Balaban J connectivity index is 2.00. The van der Waals surface area contributed by atoms with Gasteiger partial charge < -0.3 is 10.2 Å². The molecule has 0 aliphatic heterocycles. The van der Waals surface area contributed by atoms with Crippen LogP contribution in [0.1, 0.15) is 33.8 Å². The number of aliphatic hydroxyl groups is 2. The highest BCUT2D eigenvalue weighted by Gasteiger charge is 2.20. The third kappa shape index (κ3) is 2.90. The number of hydrogen-bond acceptors (Lipinski definition) is 3. The summed E-state index contributed by atoms with van der Waals surface area (Å²) in [7, 11) is 0. The van der Waals surface area contributed by atoms with Crippen LogP contribution in [0.25, 0.3) is 0 Å². The molecule has 1 heterocycles. The van der Waals surface area contributed by atoms with Gasteiger partial charge in [0.15, 0.2) is 0 Å². The molecule has 2 nitrogen and oxygen atoms in total. The first-order valence-corrected chi connectivity index (χ1v) is 7.68. The molecule has 0 saturated carbocycles. The van der Waals surface area contributed by atoms with E-state index in [-0.39, 0.29) is 0 Å². The zero-order valence-corrected chi connectivity index (χ0v) is 12.2. The Morgan fingerprint density at radius 1 is 0.667 bits per heavy atom. The van der Waals surface area contributed by atoms with E-state index in [4.69, 9.17) is 0 Å². The zero-order valence-electron chi connectivity index (χ0n) is 11.4. The number of thiophene rings is 1. The Bertz CT molecular complexity index is 692. The largest absolute Gasteiger partial charge is 0.384 e. The van der Waals surface area contributed by atoms with Crippen molar-refractivity contribution < 1.29 is 10.2 Å². The van der Waals surface area contributed by atoms with Crippen LogP contribution in [0, 0.1) is 0 Å². The molecule has 3 rings (SSSR count). The molecule has 0 aliphatic carbocycles. The maximum atomic E-state index is 10.6. The van der Waals surface area contributed by atoms with E-state index in [0.29, 0.717) is 0 Å². The van der Waals surface area contributed by atoms with Gasteiger partial charge in [-0.05, 0) is 28.1 Å². The Hall–Kier alpha value is -1.94. The van der Waals surface area contributed by atoms with Gasteiger partial charge >= 0.3 is 0 Å². The van der Waals surface area contributed by atoms with Gasteiger partial charge in [-0.15, -0.1) is 11.3 Å². The minimum absolute atomic E-state index is 0.709. The minimum Gasteiger partial charge on any atom is -0.384 e. The number of aliphatic hydroxyl groups excluding tert-OH is 2. The highest BCUT2D eigenvalue weighted by Crippen LogP contribution is 2.33. The molecule has 3 aromatic rings. The second-order valence-corrected chi connectivity index (χ2v) is 5.84. The van der Waals surface area contributed by atoms with Crippen molar-refractivity contribution in [3.63, 3.8) is 0 Å². The summed E-state index contributed by atoms with van der Waals surface area (Å²) < 4.78 is 0. The molecule has 2 atom stereocenters. The fourth-order valence-corrected chi connectivity index (χ4v) is 3.15. The lowest BCUT2D eigenvalue weighted by Crippen LogP contribution is -2.07. The molecule has 3 heteroatoms. The molecular formula is C18H16O2S. The summed E-state index contributed by atoms with van der Waals surface area (Å²) in [6.45, 7) is 0. The lowest BCUT2D eigenvalue weighted by Gasteiger charge is -2.19. The molecule has 1 aromatic heterocycles. The molecule has 0 fully saturated rings. The van der Waals surface area contributed by atoms with Crippen molar-refractivity contribution in [2.75, 3.05) is 0 Å². The summed E-state index contributed by atoms with van der Waals surface area (Å²) in [5.74, 6) is 0. The SMILES string of the molecule is OC(c1ccccc1)c1ccccc1C(O)c1cccs1. The Labute approximate surface area is 128 Å². The van der Waals surface area contributed by atoms with Crippen molar-refractivity contribution in [3.8, 4) is 0 Å². The molecule has 21 heavy (non-hydrogen) atoms. The predicted molar refractivity (Wildman–Crippen MR) is 85.3 cm³/mol. The van der Waals surface area contributed by atoms with Crippen LogP contribution >= 0.6 is 11.3 Å². The van der Waals surface area contributed by atoms with Gasteiger partial charge in [-0.2, -0.15) is 0 Å². The summed E-state index contributed by atoms with van der Waals surface area (Å²) in [5, 5.41) is 23.1. The lowest BCUT2D eigenvalue weighted by molar-refractivity contribution is 0.198. The van der Waals surface area contributed by atoms with Gasteiger partial charge in [-0.1, -0.05) is 60.7 Å². The number of hydrogen-bond donors (Lipinski definition) is 2. The second kappa shape index (κ2) is 6.22. The lowest BCUT2D eigenvalue weighted by atomic mass is 9.93. The summed E-state index contributed by atoms with van der Waals surface area (Å²) >= 11 is 1.51. The van der Waals surface area contributed by atoms with E-state index in [1.165, 1.54) is 11.3 Å². The Kier molecular flexibility index (Phi) is 4.15. The third-order valence-electron chi connectivity index (χ3n) is 3.51. The molecule has 0 radical (unpaired) electrons. The molecule has 106 valence electrons. The minimum atomic E-state index is -0.739. The van der Waals surface area contributed by atoms with E-state index in [1.54, 1.807) is 0 Å². The van der Waals surface area contributed by atoms with Crippen LogP contribution in [0.4, 0.5) is 0 Å². The van der Waals surface area contributed by atoms with Crippen molar-refractivity contribution in [3.05, 3.63) is 93.7 Å². The maximum absolute atomic E-state index is 10.6. The predicted octanol–water partition coefficient (Wildman–Crippen LogP) is 3.91. The van der Waals surface area contributed by atoms with Crippen LogP contribution < -0.4 is 0 Å². The summed E-state index contributed by atoms with van der Waals surface area (Å²) in [6, 6.07) is 20.8. The third-order valence-corrected chi connectivity index (χ3v) is 4.44. The van der Waals surface area contributed by atoms with Gasteiger partial charge in [0, 0.05) is 4.88 Å². The molecular weight excluding hydrogens is 280 g/mol. The highest BCUT2D eigenvalue weighted by atomic mass is 32.1. The summed E-state index contributed by atoms with van der Waals surface area (Å²) in [6.07, 6.45) is -1.45. The molecule has 2 aromatic carbocycles. The number of rotatable bonds is 4. The monoisotopic (exact) mass is 296 g/mol. The van der Waals surface area contributed by atoms with Crippen LogP contribution in [0.2, 0.25) is 0 Å². The first-order valence-electron chi connectivity index (χ1n) is 6.80. The average molecular weight is 296 g/mol.